The summed E-state index contributed by atoms with van der Waals surface area (Å²) in [7, 11) is 4.44. The fourth-order valence-electron chi connectivity index (χ4n) is 3.38. The highest BCUT2D eigenvalue weighted by Crippen LogP contribution is 2.21. The summed E-state index contributed by atoms with van der Waals surface area (Å²) in [6.07, 6.45) is 0. The molecule has 0 amide bonds. The van der Waals surface area contributed by atoms with Gasteiger partial charge in [0.25, 0.3) is 0 Å². The average Bonchev–Trinajstić information content (AvgIpc) is 2.74. The van der Waals surface area contributed by atoms with Crippen molar-refractivity contribution >= 4 is 0 Å². The number of likely N-dealkylation sites (N-methyl/N-ethyl adjacent to an activating group) is 2. The van der Waals surface area contributed by atoms with Crippen LogP contribution in [0.1, 0.15) is 36.8 Å². The Morgan fingerprint density at radius 3 is 2.62 bits per heavy atom. The second-order valence-electron chi connectivity index (χ2n) is 6.43. The Kier molecular flexibility index (Phi) is 5.41. The Balaban J connectivity index is 1.98. The third-order valence-electron chi connectivity index (χ3n) is 4.81. The van der Waals surface area contributed by atoms with Crippen LogP contribution in [-0.2, 0) is 6.54 Å². The first-order valence-corrected chi connectivity index (χ1v) is 8.10. The van der Waals surface area contributed by atoms with Crippen LogP contribution in [0.2, 0.25) is 0 Å². The molecular weight excluding hydrogens is 262 g/mol. The Bertz CT molecular complexity index is 467. The lowest BCUT2D eigenvalue weighted by molar-refractivity contribution is 0.112. The van der Waals surface area contributed by atoms with Crippen molar-refractivity contribution in [2.45, 2.75) is 46.3 Å². The highest BCUT2D eigenvalue weighted by atomic mass is 15.3. The van der Waals surface area contributed by atoms with Gasteiger partial charge < -0.3 is 10.2 Å². The number of hydrogen-bond acceptors (Lipinski definition) is 4. The van der Waals surface area contributed by atoms with E-state index in [0.717, 1.165) is 31.9 Å². The van der Waals surface area contributed by atoms with Gasteiger partial charge in [0.15, 0.2) is 0 Å². The van der Waals surface area contributed by atoms with E-state index in [4.69, 9.17) is 0 Å². The summed E-state index contributed by atoms with van der Waals surface area (Å²) in [6.45, 7) is 14.1. The predicted molar refractivity (Wildman–Crippen MR) is 87.7 cm³/mol. The highest BCUT2D eigenvalue weighted by molar-refractivity contribution is 5.27. The molecule has 1 fully saturated rings. The monoisotopic (exact) mass is 293 g/mol. The van der Waals surface area contributed by atoms with Crippen LogP contribution in [0.3, 0.4) is 0 Å². The van der Waals surface area contributed by atoms with Crippen molar-refractivity contribution in [3.05, 3.63) is 17.0 Å². The molecule has 2 heterocycles. The molecule has 1 aromatic heterocycles. The van der Waals surface area contributed by atoms with Crippen LogP contribution in [0, 0.1) is 13.8 Å². The summed E-state index contributed by atoms with van der Waals surface area (Å²) in [5.74, 6) is 0. The van der Waals surface area contributed by atoms with E-state index < -0.39 is 0 Å². The molecule has 5 nitrogen and oxygen atoms in total. The SMILES string of the molecule is CCn1nc(C)c(C(C)NCC2CN(C)CCN2C)c1C. The molecule has 1 aromatic rings. The molecule has 2 atom stereocenters. The maximum atomic E-state index is 4.63. The quantitative estimate of drug-likeness (QED) is 0.891. The molecule has 0 aromatic carbocycles. The van der Waals surface area contributed by atoms with E-state index in [1.165, 1.54) is 17.8 Å². The standard InChI is InChI=1S/C16H31N5/c1-7-21-14(4)16(13(3)18-21)12(2)17-10-15-11-19(5)8-9-20(15)6/h12,15,17H,7-11H2,1-6H3. The second kappa shape index (κ2) is 6.90. The van der Waals surface area contributed by atoms with E-state index in [1.807, 2.05) is 0 Å². The molecule has 2 unspecified atom stereocenters. The van der Waals surface area contributed by atoms with Crippen LogP contribution >= 0.6 is 0 Å². The molecule has 1 aliphatic rings. The second-order valence-corrected chi connectivity index (χ2v) is 6.43. The number of aryl methyl sites for hydroxylation is 2. The summed E-state index contributed by atoms with van der Waals surface area (Å²) in [4.78, 5) is 4.89. The Labute approximate surface area is 129 Å². The largest absolute Gasteiger partial charge is 0.308 e. The van der Waals surface area contributed by atoms with E-state index in [2.05, 4.69) is 66.7 Å². The fourth-order valence-corrected chi connectivity index (χ4v) is 3.38. The number of rotatable bonds is 5. The Hall–Kier alpha value is -0.910. The van der Waals surface area contributed by atoms with E-state index in [-0.39, 0.29) is 0 Å². The van der Waals surface area contributed by atoms with E-state index in [0.29, 0.717) is 12.1 Å². The lowest BCUT2D eigenvalue weighted by atomic mass is 10.1. The lowest BCUT2D eigenvalue weighted by Crippen LogP contribution is -2.53. The normalized spacial score (nSPS) is 22.7. The molecule has 1 N–H and O–H groups in total. The van der Waals surface area contributed by atoms with Gasteiger partial charge in [0.2, 0.25) is 0 Å². The van der Waals surface area contributed by atoms with Gasteiger partial charge in [0.1, 0.15) is 0 Å². The zero-order valence-corrected chi connectivity index (χ0v) is 14.5. The fraction of sp³-hybridized carbons (Fsp3) is 0.812. The zero-order valence-electron chi connectivity index (χ0n) is 14.5. The van der Waals surface area contributed by atoms with Gasteiger partial charge in [0.05, 0.1) is 5.69 Å². The molecule has 1 saturated heterocycles. The topological polar surface area (TPSA) is 36.3 Å². The van der Waals surface area contributed by atoms with Gasteiger partial charge in [-0.3, -0.25) is 9.58 Å². The number of aromatic nitrogens is 2. The molecule has 1 aliphatic heterocycles. The van der Waals surface area contributed by atoms with Crippen molar-refractivity contribution in [2.24, 2.45) is 0 Å². The molecule has 2 rings (SSSR count). The summed E-state index contributed by atoms with van der Waals surface area (Å²) < 4.78 is 2.10. The number of piperazine rings is 1. The molecule has 0 bridgehead atoms. The minimum Gasteiger partial charge on any atom is -0.308 e. The summed E-state index contributed by atoms with van der Waals surface area (Å²) >= 11 is 0. The van der Waals surface area contributed by atoms with E-state index in [9.17, 15) is 0 Å². The van der Waals surface area contributed by atoms with Gasteiger partial charge in [-0.1, -0.05) is 0 Å². The van der Waals surface area contributed by atoms with Crippen LogP contribution in [0.5, 0.6) is 0 Å². The van der Waals surface area contributed by atoms with Crippen molar-refractivity contribution in [1.29, 1.82) is 0 Å². The molecule has 0 saturated carbocycles. The Morgan fingerprint density at radius 1 is 1.29 bits per heavy atom. The molecule has 120 valence electrons. The predicted octanol–water partition coefficient (Wildman–Crippen LogP) is 1.42. The lowest BCUT2D eigenvalue weighted by Gasteiger charge is -2.38. The van der Waals surface area contributed by atoms with Crippen molar-refractivity contribution < 1.29 is 0 Å². The van der Waals surface area contributed by atoms with Gasteiger partial charge in [-0.05, 0) is 41.8 Å². The summed E-state index contributed by atoms with van der Waals surface area (Å²) in [5.41, 5.74) is 3.82. The van der Waals surface area contributed by atoms with Crippen molar-refractivity contribution in [3.63, 3.8) is 0 Å². The Morgan fingerprint density at radius 2 is 2.00 bits per heavy atom. The minimum absolute atomic E-state index is 0.353. The van der Waals surface area contributed by atoms with Crippen LogP contribution in [0.4, 0.5) is 0 Å². The van der Waals surface area contributed by atoms with Crippen LogP contribution < -0.4 is 5.32 Å². The van der Waals surface area contributed by atoms with Gasteiger partial charge in [-0.25, -0.2) is 0 Å². The number of nitrogens with one attached hydrogen (secondary N) is 1. The third kappa shape index (κ3) is 3.65. The molecule has 0 aliphatic carbocycles. The third-order valence-corrected chi connectivity index (χ3v) is 4.81. The van der Waals surface area contributed by atoms with Crippen molar-refractivity contribution in [3.8, 4) is 0 Å². The zero-order chi connectivity index (χ0) is 15.6. The van der Waals surface area contributed by atoms with Crippen LogP contribution in [-0.4, -0.2) is 65.9 Å². The maximum Gasteiger partial charge on any atom is 0.0644 e. The first-order valence-electron chi connectivity index (χ1n) is 8.10. The molecule has 0 spiro atoms. The van der Waals surface area contributed by atoms with Crippen LogP contribution in [0.25, 0.3) is 0 Å². The van der Waals surface area contributed by atoms with Gasteiger partial charge in [-0.2, -0.15) is 5.10 Å². The maximum absolute atomic E-state index is 4.63. The number of nitrogens with zero attached hydrogens (tertiary/aromatic N) is 4. The highest BCUT2D eigenvalue weighted by Gasteiger charge is 2.23. The van der Waals surface area contributed by atoms with Gasteiger partial charge in [0, 0.05) is 56.1 Å². The van der Waals surface area contributed by atoms with Gasteiger partial charge in [-0.15, -0.1) is 0 Å². The van der Waals surface area contributed by atoms with Gasteiger partial charge >= 0.3 is 0 Å². The van der Waals surface area contributed by atoms with Crippen molar-refractivity contribution in [2.75, 3.05) is 40.3 Å². The average molecular weight is 293 g/mol. The first-order chi connectivity index (χ1) is 9.93. The van der Waals surface area contributed by atoms with Crippen LogP contribution in [0.15, 0.2) is 0 Å². The molecule has 21 heavy (non-hydrogen) atoms. The van der Waals surface area contributed by atoms with E-state index >= 15 is 0 Å². The van der Waals surface area contributed by atoms with E-state index in [1.54, 1.807) is 0 Å². The summed E-state index contributed by atoms with van der Waals surface area (Å²) in [5, 5.41) is 8.35. The molecule has 5 heteroatoms. The first kappa shape index (κ1) is 16.5. The molecule has 0 radical (unpaired) electrons. The van der Waals surface area contributed by atoms with Crippen molar-refractivity contribution in [1.82, 2.24) is 24.9 Å². The summed E-state index contributed by atoms with van der Waals surface area (Å²) in [6, 6.07) is 0.943. The smallest absolute Gasteiger partial charge is 0.0644 e. The minimum atomic E-state index is 0.353. The molecular formula is C16H31N5. The number of hydrogen-bond donors (Lipinski definition) is 1.